The lowest BCUT2D eigenvalue weighted by Crippen LogP contribution is -2.59. The highest BCUT2D eigenvalue weighted by molar-refractivity contribution is 6.33. The van der Waals surface area contributed by atoms with Gasteiger partial charge >= 0.3 is 23.9 Å². The maximum absolute atomic E-state index is 13.3. The zero-order chi connectivity index (χ0) is 17.5. The van der Waals surface area contributed by atoms with Crippen molar-refractivity contribution in [1.82, 2.24) is 4.98 Å². The van der Waals surface area contributed by atoms with Crippen LogP contribution < -0.4 is 4.90 Å². The fourth-order valence-corrected chi connectivity index (χ4v) is 1.74. The molecule has 0 saturated heterocycles. The van der Waals surface area contributed by atoms with E-state index in [1.54, 1.807) is 0 Å². The zero-order valence-corrected chi connectivity index (χ0v) is 11.9. The molecule has 22 heavy (non-hydrogen) atoms. The van der Waals surface area contributed by atoms with E-state index < -0.39 is 29.6 Å². The molecule has 1 amide bonds. The number of hydrogen-bond acceptors (Lipinski definition) is 2. The summed E-state index contributed by atoms with van der Waals surface area (Å²) in [5.41, 5.74) is -0.535. The molecule has 0 radical (unpaired) electrons. The number of carbonyl (C=O) groups excluding carboxylic acids is 1. The SMILES string of the molecule is CN(C(=O)C(F)(F)C(F)(F)C(F)(F)F)c1cc(Cl)nc(Cl)c1. The van der Waals surface area contributed by atoms with Crippen LogP contribution in [0.5, 0.6) is 0 Å². The second kappa shape index (κ2) is 5.73. The molecule has 0 unspecified atom stereocenters. The standard InChI is InChI=1S/C10H5Cl2F7N2O/c1-21(4-2-5(11)20-6(12)3-4)7(22)8(13,14)9(15,16)10(17,18)19/h2-3H,1H3. The molecule has 124 valence electrons. The average Bonchev–Trinajstić information content (AvgIpc) is 2.34. The van der Waals surface area contributed by atoms with E-state index in [9.17, 15) is 35.5 Å². The average molecular weight is 373 g/mol. The summed E-state index contributed by atoms with van der Waals surface area (Å²) < 4.78 is 88.3. The number of carbonyl (C=O) groups is 1. The molecule has 1 aromatic heterocycles. The number of alkyl halides is 7. The summed E-state index contributed by atoms with van der Waals surface area (Å²) >= 11 is 10.9. The van der Waals surface area contributed by atoms with Gasteiger partial charge in [-0.3, -0.25) is 4.79 Å². The summed E-state index contributed by atoms with van der Waals surface area (Å²) in [6, 6.07) is 1.57. The van der Waals surface area contributed by atoms with E-state index in [4.69, 9.17) is 23.2 Å². The Morgan fingerprint density at radius 2 is 1.45 bits per heavy atom. The molecule has 0 saturated carbocycles. The van der Waals surface area contributed by atoms with Gasteiger partial charge in [-0.1, -0.05) is 23.2 Å². The highest BCUT2D eigenvalue weighted by Crippen LogP contribution is 2.47. The van der Waals surface area contributed by atoms with Gasteiger partial charge in [-0.2, -0.15) is 30.7 Å². The van der Waals surface area contributed by atoms with Crippen LogP contribution in [0.25, 0.3) is 0 Å². The first-order valence-corrected chi connectivity index (χ1v) is 5.91. The largest absolute Gasteiger partial charge is 0.460 e. The number of amides is 1. The van der Waals surface area contributed by atoms with Gasteiger partial charge in [0.2, 0.25) is 0 Å². The van der Waals surface area contributed by atoms with Crippen molar-refractivity contribution in [3.8, 4) is 0 Å². The van der Waals surface area contributed by atoms with Crippen molar-refractivity contribution in [2.45, 2.75) is 18.0 Å². The number of anilines is 1. The van der Waals surface area contributed by atoms with Crippen LogP contribution >= 0.6 is 23.2 Å². The summed E-state index contributed by atoms with van der Waals surface area (Å²) in [4.78, 5) is 14.6. The topological polar surface area (TPSA) is 33.2 Å². The van der Waals surface area contributed by atoms with Gasteiger partial charge < -0.3 is 4.90 Å². The highest BCUT2D eigenvalue weighted by atomic mass is 35.5. The molecule has 1 rings (SSSR count). The second-order valence-electron chi connectivity index (χ2n) is 3.98. The van der Waals surface area contributed by atoms with Gasteiger partial charge in [0.15, 0.2) is 0 Å². The van der Waals surface area contributed by atoms with Crippen molar-refractivity contribution in [1.29, 1.82) is 0 Å². The number of hydrogen-bond donors (Lipinski definition) is 0. The Balaban J connectivity index is 3.23. The van der Waals surface area contributed by atoms with Crippen molar-refractivity contribution < 1.29 is 35.5 Å². The van der Waals surface area contributed by atoms with E-state index in [2.05, 4.69) is 4.98 Å². The van der Waals surface area contributed by atoms with Crippen molar-refractivity contribution >= 4 is 34.8 Å². The Bertz CT molecular complexity index is 571. The van der Waals surface area contributed by atoms with Gasteiger partial charge in [0, 0.05) is 12.7 Å². The molecule has 0 bridgehead atoms. The summed E-state index contributed by atoms with van der Waals surface area (Å²) in [5, 5.41) is -0.763. The summed E-state index contributed by atoms with van der Waals surface area (Å²) in [5.74, 6) is -15.4. The van der Waals surface area contributed by atoms with E-state index >= 15 is 0 Å². The smallest absolute Gasteiger partial charge is 0.310 e. The van der Waals surface area contributed by atoms with Crippen molar-refractivity contribution in [3.63, 3.8) is 0 Å². The maximum atomic E-state index is 13.3. The first-order valence-electron chi connectivity index (χ1n) is 5.15. The van der Waals surface area contributed by atoms with Crippen LogP contribution in [0, 0.1) is 0 Å². The van der Waals surface area contributed by atoms with Crippen molar-refractivity contribution in [2.75, 3.05) is 11.9 Å². The third-order valence-electron chi connectivity index (χ3n) is 2.46. The molecular weight excluding hydrogens is 368 g/mol. The van der Waals surface area contributed by atoms with Crippen LogP contribution in [0.3, 0.4) is 0 Å². The molecular formula is C10H5Cl2F7N2O. The van der Waals surface area contributed by atoms with Gasteiger partial charge in [0.05, 0.1) is 0 Å². The van der Waals surface area contributed by atoms with E-state index in [1.165, 1.54) is 0 Å². The minimum atomic E-state index is -6.61. The minimum absolute atomic E-state index is 0.126. The first-order chi connectivity index (χ1) is 9.71. The molecule has 1 aromatic rings. The molecule has 0 spiro atoms. The summed E-state index contributed by atoms with van der Waals surface area (Å²) in [6.07, 6.45) is -6.61. The third-order valence-corrected chi connectivity index (χ3v) is 2.85. The van der Waals surface area contributed by atoms with Crippen LogP contribution in [0.1, 0.15) is 0 Å². The monoisotopic (exact) mass is 372 g/mol. The van der Waals surface area contributed by atoms with Crippen LogP contribution in [-0.2, 0) is 4.79 Å². The van der Waals surface area contributed by atoms with Gasteiger partial charge in [-0.15, -0.1) is 0 Å². The number of halogens is 9. The summed E-state index contributed by atoms with van der Waals surface area (Å²) in [7, 11) is 0.560. The predicted molar refractivity (Wildman–Crippen MR) is 63.6 cm³/mol. The normalized spacial score (nSPS) is 13.2. The number of aromatic nitrogens is 1. The Labute approximate surface area is 128 Å². The summed E-state index contributed by atoms with van der Waals surface area (Å²) in [6.45, 7) is 0. The van der Waals surface area contributed by atoms with Gasteiger partial charge in [-0.25, -0.2) is 4.98 Å². The molecule has 0 N–H and O–H groups in total. The Hall–Kier alpha value is -1.29. The van der Waals surface area contributed by atoms with Crippen molar-refractivity contribution in [3.05, 3.63) is 22.4 Å². The van der Waals surface area contributed by atoms with Crippen LogP contribution in [0.4, 0.5) is 36.4 Å². The maximum Gasteiger partial charge on any atom is 0.460 e. The van der Waals surface area contributed by atoms with Crippen LogP contribution in [0.2, 0.25) is 10.3 Å². The first kappa shape index (κ1) is 18.8. The third kappa shape index (κ3) is 3.22. The molecule has 0 fully saturated rings. The zero-order valence-electron chi connectivity index (χ0n) is 10.4. The van der Waals surface area contributed by atoms with Gasteiger partial charge in [-0.05, 0) is 12.1 Å². The minimum Gasteiger partial charge on any atom is -0.310 e. The highest BCUT2D eigenvalue weighted by Gasteiger charge is 2.76. The molecule has 0 atom stereocenters. The number of pyridine rings is 1. The van der Waals surface area contributed by atoms with Gasteiger partial charge in [0.25, 0.3) is 0 Å². The molecule has 0 aromatic carbocycles. The van der Waals surface area contributed by atoms with Crippen LogP contribution in [-0.4, -0.2) is 36.0 Å². The van der Waals surface area contributed by atoms with E-state index in [0.717, 1.165) is 12.1 Å². The lowest BCUT2D eigenvalue weighted by atomic mass is 10.1. The van der Waals surface area contributed by atoms with Crippen LogP contribution in [0.15, 0.2) is 12.1 Å². The van der Waals surface area contributed by atoms with Gasteiger partial charge in [0.1, 0.15) is 10.3 Å². The predicted octanol–water partition coefficient (Wildman–Crippen LogP) is 4.18. The molecule has 0 aliphatic rings. The Morgan fingerprint density at radius 1 is 1.05 bits per heavy atom. The lowest BCUT2D eigenvalue weighted by Gasteiger charge is -2.30. The van der Waals surface area contributed by atoms with E-state index in [0.29, 0.717) is 7.05 Å². The van der Waals surface area contributed by atoms with E-state index in [1.807, 2.05) is 0 Å². The Kier molecular flexibility index (Phi) is 4.88. The molecule has 1 heterocycles. The lowest BCUT2D eigenvalue weighted by molar-refractivity contribution is -0.343. The quantitative estimate of drug-likeness (QED) is 0.588. The molecule has 3 nitrogen and oxygen atoms in total. The van der Waals surface area contributed by atoms with Crippen molar-refractivity contribution in [2.24, 2.45) is 0 Å². The number of nitrogens with zero attached hydrogens (tertiary/aromatic N) is 2. The molecule has 0 aliphatic carbocycles. The Morgan fingerprint density at radius 3 is 1.82 bits per heavy atom. The molecule has 12 heteroatoms. The second-order valence-corrected chi connectivity index (χ2v) is 4.76. The molecule has 0 aliphatic heterocycles. The fourth-order valence-electron chi connectivity index (χ4n) is 1.29. The van der Waals surface area contributed by atoms with E-state index in [-0.39, 0.29) is 15.2 Å². The number of rotatable bonds is 3. The fraction of sp³-hybridized carbons (Fsp3) is 0.400.